The van der Waals surface area contributed by atoms with Crippen molar-refractivity contribution >= 4 is 6.21 Å². The predicted octanol–water partition coefficient (Wildman–Crippen LogP) is 2.07. The molecule has 0 atom stereocenters. The number of nitrogens with one attached hydrogen (secondary N) is 1. The monoisotopic (exact) mass is 325 g/mol. The van der Waals surface area contributed by atoms with Crippen LogP contribution < -0.4 is 9.64 Å². The number of piperidine rings is 1. The molecular weight excluding hydrogens is 300 g/mol. The van der Waals surface area contributed by atoms with Crippen LogP contribution in [0.4, 0.5) is 0 Å². The van der Waals surface area contributed by atoms with E-state index in [-0.39, 0.29) is 5.75 Å². The lowest BCUT2D eigenvalue weighted by Crippen LogP contribution is -3.12. The number of nitrogens with zero attached hydrogens (tertiary/aromatic N) is 1. The number of benzene rings is 2. The zero-order chi connectivity index (χ0) is 16.8. The second-order valence-electron chi connectivity index (χ2n) is 6.32. The summed E-state index contributed by atoms with van der Waals surface area (Å²) < 4.78 is 5.13. The van der Waals surface area contributed by atoms with Gasteiger partial charge >= 0.3 is 0 Å². The van der Waals surface area contributed by atoms with E-state index in [1.807, 2.05) is 12.1 Å². The van der Waals surface area contributed by atoms with Gasteiger partial charge in [0.2, 0.25) is 0 Å². The van der Waals surface area contributed by atoms with Gasteiger partial charge in [-0.15, -0.1) is 0 Å². The van der Waals surface area contributed by atoms with Gasteiger partial charge in [0.05, 0.1) is 26.2 Å². The molecule has 0 unspecified atom stereocenters. The number of likely N-dealkylation sites (tertiary alicyclic amines) is 1. The topological polar surface area (TPSA) is 46.3 Å². The lowest BCUT2D eigenvalue weighted by atomic mass is 10.0. The third-order valence-corrected chi connectivity index (χ3v) is 4.63. The Morgan fingerprint density at radius 2 is 1.88 bits per heavy atom. The number of aromatic hydroxyl groups is 1. The van der Waals surface area contributed by atoms with Gasteiger partial charge in [0.1, 0.15) is 6.54 Å². The highest BCUT2D eigenvalue weighted by molar-refractivity contribution is 5.84. The van der Waals surface area contributed by atoms with E-state index in [2.05, 4.69) is 35.3 Å². The molecule has 2 aromatic carbocycles. The number of quaternary nitrogens is 1. The smallest absolute Gasteiger partial charge is 0.166 e. The number of hydrogen-bond donors (Lipinski definition) is 2. The van der Waals surface area contributed by atoms with Crippen LogP contribution in [0.1, 0.15) is 24.0 Å². The van der Waals surface area contributed by atoms with Crippen molar-refractivity contribution in [3.8, 4) is 11.5 Å². The van der Waals surface area contributed by atoms with Crippen LogP contribution in [-0.4, -0.2) is 37.6 Å². The van der Waals surface area contributed by atoms with Crippen LogP contribution in [0.3, 0.4) is 0 Å². The van der Waals surface area contributed by atoms with E-state index in [1.165, 1.54) is 5.56 Å². The number of para-hydroxylation sites is 1. The molecule has 1 saturated heterocycles. The summed E-state index contributed by atoms with van der Waals surface area (Å²) >= 11 is 0. The molecule has 1 heterocycles. The van der Waals surface area contributed by atoms with Crippen molar-refractivity contribution < 1.29 is 14.7 Å². The zero-order valence-electron chi connectivity index (χ0n) is 14.1. The lowest BCUT2D eigenvalue weighted by Gasteiger charge is -2.27. The molecule has 1 aliphatic heterocycles. The maximum atomic E-state index is 10.1. The summed E-state index contributed by atoms with van der Waals surface area (Å²) in [4.78, 5) is 6.30. The highest BCUT2D eigenvalue weighted by atomic mass is 16.5. The Morgan fingerprint density at radius 1 is 1.12 bits per heavy atom. The molecule has 0 amide bonds. The van der Waals surface area contributed by atoms with Gasteiger partial charge in [-0.2, -0.15) is 0 Å². The number of hydrogen-bond acceptors (Lipinski definition) is 3. The van der Waals surface area contributed by atoms with Crippen molar-refractivity contribution in [2.24, 2.45) is 4.99 Å². The molecule has 3 rings (SSSR count). The van der Waals surface area contributed by atoms with Crippen LogP contribution in [-0.2, 0) is 6.54 Å². The summed E-state index contributed by atoms with van der Waals surface area (Å²) in [5.74, 6) is 0.650. The molecule has 4 nitrogen and oxygen atoms in total. The highest BCUT2D eigenvalue weighted by Gasteiger charge is 2.21. The van der Waals surface area contributed by atoms with Crippen molar-refractivity contribution in [2.45, 2.75) is 25.4 Å². The Morgan fingerprint density at radius 3 is 2.58 bits per heavy atom. The van der Waals surface area contributed by atoms with E-state index in [0.717, 1.165) is 32.5 Å². The van der Waals surface area contributed by atoms with Crippen LogP contribution in [0.2, 0.25) is 0 Å². The molecule has 0 saturated carbocycles. The van der Waals surface area contributed by atoms with Crippen molar-refractivity contribution in [1.29, 1.82) is 0 Å². The second-order valence-corrected chi connectivity index (χ2v) is 6.32. The standard InChI is InChI=1S/C20H24N2O2/c1-24-19-9-5-8-17(20(19)23)14-21-18-10-12-22(13-11-18)15-16-6-3-2-4-7-16/h2-9,14,18,23H,10-13,15H2,1H3/p+1. The Kier molecular flexibility index (Phi) is 5.49. The summed E-state index contributed by atoms with van der Waals surface area (Å²) in [6.45, 7) is 3.37. The normalized spacial score (nSPS) is 21.0. The maximum absolute atomic E-state index is 10.1. The molecule has 1 fully saturated rings. The van der Waals surface area contributed by atoms with E-state index in [0.29, 0.717) is 17.4 Å². The fraction of sp³-hybridized carbons (Fsp3) is 0.350. The molecule has 0 bridgehead atoms. The summed E-state index contributed by atoms with van der Waals surface area (Å²) in [7, 11) is 1.56. The molecule has 126 valence electrons. The third kappa shape index (κ3) is 4.15. The van der Waals surface area contributed by atoms with Crippen LogP contribution in [0.5, 0.6) is 11.5 Å². The Balaban J connectivity index is 1.54. The van der Waals surface area contributed by atoms with Crippen LogP contribution in [0.25, 0.3) is 0 Å². The molecule has 2 aromatic rings. The van der Waals surface area contributed by atoms with Crippen LogP contribution in [0.15, 0.2) is 53.5 Å². The molecule has 24 heavy (non-hydrogen) atoms. The van der Waals surface area contributed by atoms with Crippen molar-refractivity contribution in [3.63, 3.8) is 0 Å². The number of aliphatic imine (C=N–C) groups is 1. The van der Waals surface area contributed by atoms with Crippen LogP contribution in [0, 0.1) is 0 Å². The lowest BCUT2D eigenvalue weighted by molar-refractivity contribution is -0.918. The minimum absolute atomic E-state index is 0.163. The van der Waals surface area contributed by atoms with Crippen LogP contribution >= 0.6 is 0 Å². The second kappa shape index (κ2) is 7.97. The number of ether oxygens (including phenoxy) is 1. The number of phenols is 1. The fourth-order valence-electron chi connectivity index (χ4n) is 3.22. The maximum Gasteiger partial charge on any atom is 0.166 e. The summed E-state index contributed by atoms with van der Waals surface area (Å²) in [5, 5.41) is 10.1. The minimum Gasteiger partial charge on any atom is -0.504 e. The minimum atomic E-state index is 0.163. The van der Waals surface area contributed by atoms with E-state index in [9.17, 15) is 5.11 Å². The average Bonchev–Trinajstić information content (AvgIpc) is 2.63. The first-order chi connectivity index (χ1) is 11.8. The first kappa shape index (κ1) is 16.5. The molecule has 0 aromatic heterocycles. The van der Waals surface area contributed by atoms with Gasteiger partial charge in [-0.05, 0) is 12.1 Å². The molecule has 2 N–H and O–H groups in total. The first-order valence-corrected chi connectivity index (χ1v) is 8.53. The average molecular weight is 325 g/mol. The third-order valence-electron chi connectivity index (χ3n) is 4.63. The highest BCUT2D eigenvalue weighted by Crippen LogP contribution is 2.28. The summed E-state index contributed by atoms with van der Waals surface area (Å²) in [6, 6.07) is 16.5. The van der Waals surface area contributed by atoms with Crippen molar-refractivity contribution in [3.05, 3.63) is 59.7 Å². The number of rotatable bonds is 5. The van der Waals surface area contributed by atoms with Gasteiger partial charge in [-0.1, -0.05) is 36.4 Å². The SMILES string of the molecule is COc1cccc(C=NC2CC[NH+](Cc3ccccc3)CC2)c1O. The molecule has 0 aliphatic carbocycles. The number of methoxy groups -OCH3 is 1. The summed E-state index contributed by atoms with van der Waals surface area (Å²) in [5.41, 5.74) is 2.11. The molecule has 0 radical (unpaired) electrons. The molecule has 1 aliphatic rings. The summed E-state index contributed by atoms with van der Waals surface area (Å²) in [6.07, 6.45) is 3.96. The van der Waals surface area contributed by atoms with Gasteiger partial charge < -0.3 is 14.7 Å². The molecule has 0 spiro atoms. The van der Waals surface area contributed by atoms with E-state index >= 15 is 0 Å². The predicted molar refractivity (Wildman–Crippen MR) is 96.1 cm³/mol. The Bertz CT molecular complexity index is 677. The van der Waals surface area contributed by atoms with Gasteiger partial charge in [0.25, 0.3) is 0 Å². The fourth-order valence-corrected chi connectivity index (χ4v) is 3.22. The van der Waals surface area contributed by atoms with Gasteiger partial charge in [-0.3, -0.25) is 4.99 Å². The Labute approximate surface area is 143 Å². The largest absolute Gasteiger partial charge is 0.504 e. The van der Waals surface area contributed by atoms with E-state index in [4.69, 9.17) is 4.74 Å². The molecular formula is C20H25N2O2+. The van der Waals surface area contributed by atoms with E-state index < -0.39 is 0 Å². The van der Waals surface area contributed by atoms with Gasteiger partial charge in [-0.25, -0.2) is 0 Å². The Hall–Kier alpha value is -2.33. The zero-order valence-corrected chi connectivity index (χ0v) is 14.1. The van der Waals surface area contributed by atoms with Crippen molar-refractivity contribution in [2.75, 3.05) is 20.2 Å². The van der Waals surface area contributed by atoms with E-state index in [1.54, 1.807) is 24.3 Å². The van der Waals surface area contributed by atoms with Gasteiger partial charge in [0.15, 0.2) is 11.5 Å². The molecule has 4 heteroatoms. The van der Waals surface area contributed by atoms with Crippen molar-refractivity contribution in [1.82, 2.24) is 0 Å². The quantitative estimate of drug-likeness (QED) is 0.827. The van der Waals surface area contributed by atoms with Gasteiger partial charge in [0, 0.05) is 30.2 Å². The number of phenolic OH excluding ortho intramolecular Hbond substituents is 1. The first-order valence-electron chi connectivity index (χ1n) is 8.53.